The van der Waals surface area contributed by atoms with E-state index in [1.165, 1.54) is 11.3 Å². The van der Waals surface area contributed by atoms with Crippen LogP contribution in [-0.2, 0) is 13.1 Å². The summed E-state index contributed by atoms with van der Waals surface area (Å²) >= 11 is 0. The molecule has 0 atom stereocenters. The average molecular weight is 274 g/mol. The Bertz CT molecular complexity index is 612. The number of hydrazine groups is 1. The van der Waals surface area contributed by atoms with Crippen LogP contribution in [0.25, 0.3) is 0 Å². The maximum absolute atomic E-state index is 6.09. The third kappa shape index (κ3) is 2.48. The first-order valence-corrected chi connectivity index (χ1v) is 6.01. The zero-order valence-electron chi connectivity index (χ0n) is 11.0. The summed E-state index contributed by atoms with van der Waals surface area (Å²) < 4.78 is 0. The highest BCUT2D eigenvalue weighted by Crippen LogP contribution is 2.27. The third-order valence-electron chi connectivity index (χ3n) is 3.01. The monoisotopic (exact) mass is 274 g/mol. The Kier molecular flexibility index (Phi) is 3.99. The molecule has 20 heavy (non-hydrogen) atoms. The van der Waals surface area contributed by atoms with Crippen molar-refractivity contribution < 1.29 is 0 Å². The molecule has 0 unspecified atom stereocenters. The van der Waals surface area contributed by atoms with Gasteiger partial charge in [-0.05, 0) is 23.8 Å². The van der Waals surface area contributed by atoms with E-state index in [1.54, 1.807) is 18.2 Å². The van der Waals surface area contributed by atoms with Crippen molar-refractivity contribution in [3.05, 3.63) is 35.7 Å². The van der Waals surface area contributed by atoms with Crippen LogP contribution in [0.2, 0.25) is 0 Å². The molecule has 2 aromatic rings. The van der Waals surface area contributed by atoms with E-state index >= 15 is 0 Å². The third-order valence-corrected chi connectivity index (χ3v) is 3.01. The Labute approximate surface area is 116 Å². The standard InChI is InChI=1S/C12H18N8/c13-4-7-3-8(1-2-10(7)15)20(17)12-9(5-14)11(16)18-6-19-12/h1-3,6H,4-5,13-15,17H2,(H2,16,18,19). The molecule has 0 saturated heterocycles. The maximum Gasteiger partial charge on any atom is 0.157 e. The van der Waals surface area contributed by atoms with Crippen LogP contribution < -0.4 is 33.8 Å². The van der Waals surface area contributed by atoms with Crippen molar-refractivity contribution in [3.63, 3.8) is 0 Å². The van der Waals surface area contributed by atoms with E-state index in [2.05, 4.69) is 9.97 Å². The zero-order chi connectivity index (χ0) is 14.7. The molecule has 2 rings (SSSR count). The number of rotatable bonds is 4. The minimum absolute atomic E-state index is 0.189. The first-order valence-electron chi connectivity index (χ1n) is 6.01. The SMILES string of the molecule is NCc1cc(N(N)c2ncnc(N)c2CN)ccc1N. The molecule has 0 amide bonds. The van der Waals surface area contributed by atoms with Gasteiger partial charge >= 0.3 is 0 Å². The van der Waals surface area contributed by atoms with E-state index in [0.29, 0.717) is 35.1 Å². The molecule has 0 saturated carbocycles. The second kappa shape index (κ2) is 5.70. The molecule has 0 radical (unpaired) electrons. The average Bonchev–Trinajstić information content (AvgIpc) is 2.46. The van der Waals surface area contributed by atoms with E-state index < -0.39 is 0 Å². The predicted molar refractivity (Wildman–Crippen MR) is 79.4 cm³/mol. The van der Waals surface area contributed by atoms with Crippen molar-refractivity contribution >= 4 is 23.0 Å². The Morgan fingerprint density at radius 1 is 1.05 bits per heavy atom. The zero-order valence-corrected chi connectivity index (χ0v) is 11.0. The van der Waals surface area contributed by atoms with Gasteiger partial charge in [0, 0.05) is 18.8 Å². The smallest absolute Gasteiger partial charge is 0.157 e. The number of nitrogens with two attached hydrogens (primary N) is 5. The van der Waals surface area contributed by atoms with Gasteiger partial charge in [-0.2, -0.15) is 0 Å². The van der Waals surface area contributed by atoms with Crippen LogP contribution in [0.15, 0.2) is 24.5 Å². The van der Waals surface area contributed by atoms with Crippen LogP contribution in [-0.4, -0.2) is 9.97 Å². The molecule has 0 aliphatic rings. The van der Waals surface area contributed by atoms with Crippen molar-refractivity contribution in [1.82, 2.24) is 9.97 Å². The molecular weight excluding hydrogens is 256 g/mol. The molecular formula is C12H18N8. The van der Waals surface area contributed by atoms with Gasteiger partial charge in [0.05, 0.1) is 11.3 Å². The highest BCUT2D eigenvalue weighted by Gasteiger charge is 2.14. The van der Waals surface area contributed by atoms with Crippen LogP contribution >= 0.6 is 0 Å². The highest BCUT2D eigenvalue weighted by molar-refractivity contribution is 5.68. The lowest BCUT2D eigenvalue weighted by atomic mass is 10.1. The number of hydrogen-bond donors (Lipinski definition) is 5. The lowest BCUT2D eigenvalue weighted by Crippen LogP contribution is -2.28. The first kappa shape index (κ1) is 14.0. The maximum atomic E-state index is 6.09. The van der Waals surface area contributed by atoms with E-state index in [1.807, 2.05) is 0 Å². The lowest BCUT2D eigenvalue weighted by Gasteiger charge is -2.21. The molecule has 1 aromatic carbocycles. The lowest BCUT2D eigenvalue weighted by molar-refractivity contribution is 0.949. The molecule has 1 aromatic heterocycles. The normalized spacial score (nSPS) is 10.6. The Morgan fingerprint density at radius 3 is 2.45 bits per heavy atom. The van der Waals surface area contributed by atoms with Crippen molar-refractivity contribution in [2.45, 2.75) is 13.1 Å². The second-order valence-corrected chi connectivity index (χ2v) is 4.22. The van der Waals surface area contributed by atoms with Gasteiger partial charge in [0.15, 0.2) is 5.82 Å². The minimum Gasteiger partial charge on any atom is -0.398 e. The summed E-state index contributed by atoms with van der Waals surface area (Å²) in [6, 6.07) is 5.31. The minimum atomic E-state index is 0.189. The number of anilines is 4. The highest BCUT2D eigenvalue weighted by atomic mass is 15.4. The number of aromatic nitrogens is 2. The van der Waals surface area contributed by atoms with Crippen molar-refractivity contribution in [3.8, 4) is 0 Å². The molecule has 0 bridgehead atoms. The van der Waals surface area contributed by atoms with E-state index in [9.17, 15) is 0 Å². The molecule has 8 nitrogen and oxygen atoms in total. The van der Waals surface area contributed by atoms with Crippen LogP contribution in [0.1, 0.15) is 11.1 Å². The summed E-state index contributed by atoms with van der Waals surface area (Å²) in [5.74, 6) is 6.84. The van der Waals surface area contributed by atoms with Crippen LogP contribution in [0.4, 0.5) is 23.0 Å². The van der Waals surface area contributed by atoms with Crippen molar-refractivity contribution in [1.29, 1.82) is 0 Å². The van der Waals surface area contributed by atoms with Crippen LogP contribution in [0.3, 0.4) is 0 Å². The van der Waals surface area contributed by atoms with Gasteiger partial charge < -0.3 is 22.9 Å². The molecule has 0 aliphatic heterocycles. The second-order valence-electron chi connectivity index (χ2n) is 4.22. The summed E-state index contributed by atoms with van der Waals surface area (Å²) in [6.07, 6.45) is 1.34. The van der Waals surface area contributed by atoms with E-state index in [4.69, 9.17) is 28.8 Å². The largest absolute Gasteiger partial charge is 0.398 e. The molecule has 106 valence electrons. The topological polar surface area (TPSA) is 159 Å². The fourth-order valence-corrected chi connectivity index (χ4v) is 1.86. The van der Waals surface area contributed by atoms with Gasteiger partial charge in [-0.3, -0.25) is 5.01 Å². The number of nitrogen functional groups attached to an aromatic ring is 2. The Hall–Kier alpha value is -2.42. The Morgan fingerprint density at radius 2 is 1.80 bits per heavy atom. The summed E-state index contributed by atoms with van der Waals surface area (Å²) in [7, 11) is 0. The first-order chi connectivity index (χ1) is 9.58. The van der Waals surface area contributed by atoms with Crippen molar-refractivity contribution in [2.75, 3.05) is 16.5 Å². The van der Waals surface area contributed by atoms with Crippen LogP contribution in [0.5, 0.6) is 0 Å². The fraction of sp³-hybridized carbons (Fsp3) is 0.167. The molecule has 0 fully saturated rings. The van der Waals surface area contributed by atoms with Gasteiger partial charge in [-0.1, -0.05) is 0 Å². The summed E-state index contributed by atoms with van der Waals surface area (Å²) in [4.78, 5) is 8.03. The number of nitrogens with zero attached hydrogens (tertiary/aromatic N) is 3. The van der Waals surface area contributed by atoms with Gasteiger partial charge in [0.2, 0.25) is 0 Å². The molecule has 8 heteroatoms. The quantitative estimate of drug-likeness (QED) is 0.285. The van der Waals surface area contributed by atoms with E-state index in [0.717, 1.165) is 5.56 Å². The summed E-state index contributed by atoms with van der Waals surface area (Å²) in [5, 5.41) is 1.39. The van der Waals surface area contributed by atoms with Crippen molar-refractivity contribution in [2.24, 2.45) is 17.3 Å². The number of benzene rings is 1. The Balaban J connectivity index is 2.46. The summed E-state index contributed by atoms with van der Waals surface area (Å²) in [6.45, 7) is 0.512. The van der Waals surface area contributed by atoms with E-state index in [-0.39, 0.29) is 6.54 Å². The number of hydrogen-bond acceptors (Lipinski definition) is 8. The van der Waals surface area contributed by atoms with Crippen LogP contribution in [0, 0.1) is 0 Å². The molecule has 0 spiro atoms. The predicted octanol–water partition coefficient (Wildman–Crippen LogP) is -0.430. The molecule has 1 heterocycles. The van der Waals surface area contributed by atoms with Gasteiger partial charge in [0.25, 0.3) is 0 Å². The molecule has 10 N–H and O–H groups in total. The van der Waals surface area contributed by atoms with Gasteiger partial charge in [-0.15, -0.1) is 0 Å². The summed E-state index contributed by atoms with van der Waals surface area (Å²) in [5.41, 5.74) is 25.6. The fourth-order valence-electron chi connectivity index (χ4n) is 1.86. The van der Waals surface area contributed by atoms with Gasteiger partial charge in [0.1, 0.15) is 12.1 Å². The van der Waals surface area contributed by atoms with Gasteiger partial charge in [-0.25, -0.2) is 15.8 Å². The molecule has 0 aliphatic carbocycles.